The van der Waals surface area contributed by atoms with Crippen LogP contribution in [0, 0.1) is 0 Å². The van der Waals surface area contributed by atoms with Crippen LogP contribution >= 0.6 is 11.8 Å². The third-order valence-corrected chi connectivity index (χ3v) is 5.52. The first-order valence-corrected chi connectivity index (χ1v) is 11.1. The van der Waals surface area contributed by atoms with Gasteiger partial charge in [-0.25, -0.2) is 4.98 Å². The van der Waals surface area contributed by atoms with Gasteiger partial charge in [0.15, 0.2) is 5.16 Å². The highest BCUT2D eigenvalue weighted by Crippen LogP contribution is 2.23. The quantitative estimate of drug-likeness (QED) is 0.303. The van der Waals surface area contributed by atoms with E-state index in [0.29, 0.717) is 21.7 Å². The summed E-state index contributed by atoms with van der Waals surface area (Å²) in [5.41, 5.74) is 1.06. The van der Waals surface area contributed by atoms with Gasteiger partial charge in [0, 0.05) is 11.7 Å². The Balaban J connectivity index is 1.88. The summed E-state index contributed by atoms with van der Waals surface area (Å²) in [6.07, 6.45) is 0. The lowest BCUT2D eigenvalue weighted by Crippen LogP contribution is -2.38. The number of fused-ring (bicyclic) bond motifs is 1. The van der Waals surface area contributed by atoms with Crippen molar-refractivity contribution in [3.05, 3.63) is 65.0 Å². The molecular weight excluding hydrogens is 414 g/mol. The number of anilines is 1. The Morgan fingerprint density at radius 1 is 1.10 bits per heavy atom. The molecule has 1 heterocycles. The summed E-state index contributed by atoms with van der Waals surface area (Å²) in [6, 6.07) is 16.0. The van der Waals surface area contributed by atoms with E-state index in [4.69, 9.17) is 4.74 Å². The van der Waals surface area contributed by atoms with Gasteiger partial charge in [-0.3, -0.25) is 19.0 Å². The molecule has 0 aliphatic heterocycles. The number of carbonyl (C=O) groups excluding carboxylic acids is 2. The van der Waals surface area contributed by atoms with Gasteiger partial charge in [0.1, 0.15) is 6.54 Å². The van der Waals surface area contributed by atoms with Gasteiger partial charge in [-0.15, -0.1) is 0 Å². The second kappa shape index (κ2) is 10.3. The van der Waals surface area contributed by atoms with Gasteiger partial charge in [-0.05, 0) is 45.0 Å². The molecular formula is C23H25N3O4S. The number of hydrogen-bond acceptors (Lipinski definition) is 6. The molecule has 0 atom stereocenters. The minimum absolute atomic E-state index is 0.0196. The molecule has 0 saturated carbocycles. The van der Waals surface area contributed by atoms with Crippen LogP contribution in [0.4, 0.5) is 5.69 Å². The van der Waals surface area contributed by atoms with Crippen LogP contribution < -0.4 is 10.5 Å². The van der Waals surface area contributed by atoms with Crippen LogP contribution in [0.25, 0.3) is 10.9 Å². The predicted octanol–water partition coefficient (Wildman–Crippen LogP) is 3.67. The molecule has 3 aromatic rings. The first-order chi connectivity index (χ1) is 14.9. The number of thioether (sulfide) groups is 1. The topological polar surface area (TPSA) is 81.5 Å². The average molecular weight is 440 g/mol. The lowest BCUT2D eigenvalue weighted by Gasteiger charge is -2.22. The molecule has 0 unspecified atom stereocenters. The maximum atomic E-state index is 13.1. The largest absolute Gasteiger partial charge is 0.465 e. The Morgan fingerprint density at radius 3 is 2.45 bits per heavy atom. The van der Waals surface area contributed by atoms with Crippen molar-refractivity contribution in [3.8, 4) is 0 Å². The summed E-state index contributed by atoms with van der Waals surface area (Å²) in [4.78, 5) is 44.1. The van der Waals surface area contributed by atoms with Gasteiger partial charge in [0.25, 0.3) is 5.56 Å². The van der Waals surface area contributed by atoms with Crippen LogP contribution in [0.15, 0.2) is 64.5 Å². The van der Waals surface area contributed by atoms with E-state index < -0.39 is 5.97 Å². The van der Waals surface area contributed by atoms with E-state index in [0.717, 1.165) is 0 Å². The van der Waals surface area contributed by atoms with Gasteiger partial charge >= 0.3 is 5.97 Å². The van der Waals surface area contributed by atoms with E-state index in [1.807, 2.05) is 26.0 Å². The van der Waals surface area contributed by atoms with E-state index in [2.05, 4.69) is 4.98 Å². The van der Waals surface area contributed by atoms with Crippen LogP contribution in [0.5, 0.6) is 0 Å². The van der Waals surface area contributed by atoms with Crippen LogP contribution in [0.2, 0.25) is 0 Å². The van der Waals surface area contributed by atoms with E-state index in [1.165, 1.54) is 16.7 Å². The molecule has 0 N–H and O–H groups in total. The molecule has 3 rings (SSSR count). The van der Waals surface area contributed by atoms with Crippen molar-refractivity contribution >= 4 is 40.2 Å². The number of hydrogen-bond donors (Lipinski definition) is 0. The van der Waals surface area contributed by atoms with Crippen LogP contribution in [-0.2, 0) is 14.3 Å². The number of nitrogens with zero attached hydrogens (tertiary/aromatic N) is 3. The minimum Gasteiger partial charge on any atom is -0.465 e. The molecule has 0 fully saturated rings. The molecule has 7 nitrogen and oxygen atoms in total. The van der Waals surface area contributed by atoms with Crippen molar-refractivity contribution in [2.24, 2.45) is 0 Å². The molecule has 0 saturated heterocycles. The third kappa shape index (κ3) is 5.32. The lowest BCUT2D eigenvalue weighted by molar-refractivity contribution is -0.142. The molecule has 0 aliphatic carbocycles. The van der Waals surface area contributed by atoms with E-state index in [9.17, 15) is 14.4 Å². The van der Waals surface area contributed by atoms with Crippen molar-refractivity contribution in [2.45, 2.75) is 32.0 Å². The summed E-state index contributed by atoms with van der Waals surface area (Å²) >= 11 is 1.18. The molecule has 31 heavy (non-hydrogen) atoms. The van der Waals surface area contributed by atoms with Crippen molar-refractivity contribution in [1.82, 2.24) is 9.55 Å². The van der Waals surface area contributed by atoms with Gasteiger partial charge < -0.3 is 9.64 Å². The number of benzene rings is 2. The fraction of sp³-hybridized carbons (Fsp3) is 0.304. The number of amides is 1. The van der Waals surface area contributed by atoms with Crippen molar-refractivity contribution in [3.63, 3.8) is 0 Å². The fourth-order valence-electron chi connectivity index (χ4n) is 3.15. The monoisotopic (exact) mass is 439 g/mol. The summed E-state index contributed by atoms with van der Waals surface area (Å²) in [5, 5.41) is 1.01. The maximum absolute atomic E-state index is 13.1. The number of rotatable bonds is 8. The average Bonchev–Trinajstić information content (AvgIpc) is 2.76. The summed E-state index contributed by atoms with van der Waals surface area (Å²) in [7, 11) is 0. The Bertz CT molecular complexity index is 1130. The number of aromatic nitrogens is 2. The summed E-state index contributed by atoms with van der Waals surface area (Å²) in [5.74, 6) is -0.735. The Kier molecular flexibility index (Phi) is 7.46. The Morgan fingerprint density at radius 2 is 1.77 bits per heavy atom. The van der Waals surface area contributed by atoms with Crippen LogP contribution in [-0.4, -0.2) is 40.3 Å². The molecule has 0 spiro atoms. The van der Waals surface area contributed by atoms with Crippen molar-refractivity contribution in [1.29, 1.82) is 0 Å². The fourth-order valence-corrected chi connectivity index (χ4v) is 4.16. The SMILES string of the molecule is CCOC(=O)CN(C(=O)CSc1nc2ccccc2c(=O)n1C(C)C)c1ccccc1. The predicted molar refractivity (Wildman–Crippen MR) is 123 cm³/mol. The number of para-hydroxylation sites is 2. The smallest absolute Gasteiger partial charge is 0.326 e. The van der Waals surface area contributed by atoms with E-state index in [1.54, 1.807) is 54.0 Å². The summed E-state index contributed by atoms with van der Waals surface area (Å²) < 4.78 is 6.62. The highest BCUT2D eigenvalue weighted by molar-refractivity contribution is 7.99. The highest BCUT2D eigenvalue weighted by atomic mass is 32.2. The van der Waals surface area contributed by atoms with Crippen molar-refractivity contribution in [2.75, 3.05) is 23.8 Å². The van der Waals surface area contributed by atoms with E-state index >= 15 is 0 Å². The second-order valence-corrected chi connectivity index (χ2v) is 8.03. The lowest BCUT2D eigenvalue weighted by atomic mass is 10.2. The molecule has 0 bridgehead atoms. The zero-order valence-electron chi connectivity index (χ0n) is 17.8. The third-order valence-electron chi connectivity index (χ3n) is 4.58. The van der Waals surface area contributed by atoms with Gasteiger partial charge in [-0.2, -0.15) is 0 Å². The Labute approximate surface area is 185 Å². The zero-order valence-corrected chi connectivity index (χ0v) is 18.6. The van der Waals surface area contributed by atoms with Crippen LogP contribution in [0.3, 0.4) is 0 Å². The van der Waals surface area contributed by atoms with E-state index in [-0.39, 0.29) is 36.4 Å². The number of ether oxygens (including phenoxy) is 1. The molecule has 8 heteroatoms. The molecule has 0 radical (unpaired) electrons. The van der Waals surface area contributed by atoms with Crippen LogP contribution in [0.1, 0.15) is 26.8 Å². The molecule has 0 aliphatic rings. The van der Waals surface area contributed by atoms with Gasteiger partial charge in [-0.1, -0.05) is 42.1 Å². The molecule has 2 aromatic carbocycles. The van der Waals surface area contributed by atoms with Crippen molar-refractivity contribution < 1.29 is 14.3 Å². The first-order valence-electron chi connectivity index (χ1n) is 10.1. The number of carbonyl (C=O) groups is 2. The zero-order chi connectivity index (χ0) is 22.4. The maximum Gasteiger partial charge on any atom is 0.326 e. The summed E-state index contributed by atoms with van der Waals surface area (Å²) in [6.45, 7) is 5.59. The highest BCUT2D eigenvalue weighted by Gasteiger charge is 2.22. The second-order valence-electron chi connectivity index (χ2n) is 7.09. The molecule has 1 aromatic heterocycles. The minimum atomic E-state index is -0.479. The van der Waals surface area contributed by atoms with Gasteiger partial charge in [0.05, 0.1) is 23.3 Å². The number of esters is 1. The standard InChI is InChI=1S/C23H25N3O4S/c1-4-30-21(28)14-25(17-10-6-5-7-11-17)20(27)15-31-23-24-19-13-9-8-12-18(19)22(29)26(23)16(2)3/h5-13,16H,4,14-15H2,1-3H3. The Hall–Kier alpha value is -3.13. The first kappa shape index (κ1) is 22.6. The molecule has 162 valence electrons. The normalized spacial score (nSPS) is 11.0. The van der Waals surface area contributed by atoms with Gasteiger partial charge in [0.2, 0.25) is 5.91 Å². The molecule has 1 amide bonds.